The van der Waals surface area contributed by atoms with Gasteiger partial charge < -0.3 is 19.5 Å². The second-order valence-electron chi connectivity index (χ2n) is 8.28. The number of likely N-dealkylation sites (tertiary alicyclic amines) is 1. The van der Waals surface area contributed by atoms with Crippen molar-refractivity contribution in [3.05, 3.63) is 53.6 Å². The quantitative estimate of drug-likeness (QED) is 0.731. The predicted octanol–water partition coefficient (Wildman–Crippen LogP) is 4.14. The number of aliphatic imine (C=N–C) groups is 1. The number of nitrogens with one attached hydrogen (secondary N) is 1. The molecule has 1 saturated heterocycles. The van der Waals surface area contributed by atoms with Gasteiger partial charge in [0.2, 0.25) is 0 Å². The zero-order valence-corrected chi connectivity index (χ0v) is 18.7. The van der Waals surface area contributed by atoms with E-state index in [9.17, 15) is 5.11 Å². The minimum absolute atomic E-state index is 0.0395. The summed E-state index contributed by atoms with van der Waals surface area (Å²) >= 11 is 0. The van der Waals surface area contributed by atoms with Crippen molar-refractivity contribution in [2.75, 3.05) is 33.4 Å². The Kier molecular flexibility index (Phi) is 6.49. The number of methoxy groups -OCH3 is 1. The molecule has 4 rings (SSSR count). The Hall–Kier alpha value is -2.57. The third-order valence-electron chi connectivity index (χ3n) is 6.44. The Labute approximate surface area is 184 Å². The first-order chi connectivity index (χ1) is 15.1. The maximum absolute atomic E-state index is 10.8. The molecule has 0 radical (unpaired) electrons. The molecule has 6 nitrogen and oxygen atoms in total. The van der Waals surface area contributed by atoms with Gasteiger partial charge in [0.15, 0.2) is 11.5 Å². The second kappa shape index (κ2) is 9.28. The van der Waals surface area contributed by atoms with E-state index in [0.29, 0.717) is 18.8 Å². The van der Waals surface area contributed by atoms with Gasteiger partial charge in [0.25, 0.3) is 0 Å². The Morgan fingerprint density at radius 3 is 2.52 bits per heavy atom. The number of phenolic OH excluding ortho intramolecular Hbond substituents is 1. The van der Waals surface area contributed by atoms with Crippen molar-refractivity contribution >= 4 is 5.71 Å². The summed E-state index contributed by atoms with van der Waals surface area (Å²) in [7, 11) is 1.59. The van der Waals surface area contributed by atoms with Crippen LogP contribution in [0.3, 0.4) is 0 Å². The number of piperidine rings is 1. The van der Waals surface area contributed by atoms with Crippen molar-refractivity contribution < 1.29 is 14.6 Å². The van der Waals surface area contributed by atoms with Crippen molar-refractivity contribution in [2.24, 2.45) is 4.99 Å². The van der Waals surface area contributed by atoms with E-state index in [1.165, 1.54) is 0 Å². The molecule has 6 heteroatoms. The van der Waals surface area contributed by atoms with Crippen LogP contribution in [0.4, 0.5) is 0 Å². The molecule has 2 aliphatic heterocycles. The lowest BCUT2D eigenvalue weighted by molar-refractivity contribution is 0.129. The fourth-order valence-corrected chi connectivity index (χ4v) is 4.67. The van der Waals surface area contributed by atoms with E-state index >= 15 is 0 Å². The molecule has 1 fully saturated rings. The lowest BCUT2D eigenvalue weighted by atomic mass is 9.87. The Balaban J connectivity index is 1.69. The SMILES string of the molecule is CCOc1ccc(C2=NC3(CCN(CC)CC3)N[C@@H](c3cccc(OC)c3O)C2)cc1. The summed E-state index contributed by atoms with van der Waals surface area (Å²) in [6.45, 7) is 7.94. The van der Waals surface area contributed by atoms with Gasteiger partial charge in [0, 0.05) is 36.8 Å². The average molecular weight is 424 g/mol. The van der Waals surface area contributed by atoms with E-state index in [1.54, 1.807) is 13.2 Å². The number of aromatic hydroxyl groups is 1. The number of hydrogen-bond donors (Lipinski definition) is 2. The Morgan fingerprint density at radius 2 is 1.87 bits per heavy atom. The molecule has 0 aliphatic carbocycles. The van der Waals surface area contributed by atoms with Crippen LogP contribution in [0.2, 0.25) is 0 Å². The molecule has 2 aromatic rings. The van der Waals surface area contributed by atoms with Crippen LogP contribution < -0.4 is 14.8 Å². The van der Waals surface area contributed by atoms with E-state index < -0.39 is 0 Å². The van der Waals surface area contributed by atoms with Crippen LogP contribution >= 0.6 is 0 Å². The third kappa shape index (κ3) is 4.55. The molecule has 1 spiro atoms. The first-order valence-electron chi connectivity index (χ1n) is 11.3. The first-order valence-corrected chi connectivity index (χ1v) is 11.3. The molecule has 0 saturated carbocycles. The summed E-state index contributed by atoms with van der Waals surface area (Å²) < 4.78 is 11.0. The number of benzene rings is 2. The van der Waals surface area contributed by atoms with Crippen LogP contribution in [0.25, 0.3) is 0 Å². The fraction of sp³-hybridized carbons (Fsp3) is 0.480. The summed E-state index contributed by atoms with van der Waals surface area (Å²) in [5.74, 6) is 1.57. The van der Waals surface area contributed by atoms with Crippen molar-refractivity contribution in [3.8, 4) is 17.2 Å². The van der Waals surface area contributed by atoms with Crippen LogP contribution in [0.15, 0.2) is 47.5 Å². The van der Waals surface area contributed by atoms with E-state index in [-0.39, 0.29) is 17.5 Å². The van der Waals surface area contributed by atoms with E-state index in [2.05, 4.69) is 29.3 Å². The summed E-state index contributed by atoms with van der Waals surface area (Å²) in [4.78, 5) is 7.72. The number of ether oxygens (including phenoxy) is 2. The molecular formula is C25H33N3O3. The number of nitrogens with zero attached hydrogens (tertiary/aromatic N) is 2. The van der Waals surface area contributed by atoms with Crippen molar-refractivity contribution in [3.63, 3.8) is 0 Å². The highest BCUT2D eigenvalue weighted by Crippen LogP contribution is 2.40. The lowest BCUT2D eigenvalue weighted by Crippen LogP contribution is -2.56. The van der Waals surface area contributed by atoms with Crippen molar-refractivity contribution in [1.82, 2.24) is 10.2 Å². The van der Waals surface area contributed by atoms with Gasteiger partial charge in [-0.3, -0.25) is 10.3 Å². The van der Waals surface area contributed by atoms with Crippen LogP contribution in [-0.2, 0) is 0 Å². The normalized spacial score (nSPS) is 21.0. The van der Waals surface area contributed by atoms with Crippen LogP contribution in [0.1, 0.15) is 50.3 Å². The summed E-state index contributed by atoms with van der Waals surface area (Å²) in [6, 6.07) is 13.9. The maximum Gasteiger partial charge on any atom is 0.162 e. The zero-order valence-electron chi connectivity index (χ0n) is 18.7. The van der Waals surface area contributed by atoms with Gasteiger partial charge in [-0.1, -0.05) is 19.1 Å². The van der Waals surface area contributed by atoms with E-state index in [4.69, 9.17) is 14.5 Å². The summed E-state index contributed by atoms with van der Waals surface area (Å²) in [5, 5.41) is 14.6. The molecular weight excluding hydrogens is 390 g/mol. The highest BCUT2D eigenvalue weighted by atomic mass is 16.5. The van der Waals surface area contributed by atoms with Gasteiger partial charge in [-0.2, -0.15) is 0 Å². The second-order valence-corrected chi connectivity index (χ2v) is 8.28. The van der Waals surface area contributed by atoms with E-state index in [0.717, 1.165) is 55.1 Å². The molecule has 2 heterocycles. The minimum atomic E-state index is -0.321. The zero-order chi connectivity index (χ0) is 21.8. The number of phenols is 1. The standard InChI is InChI=1S/C25H33N3O3/c1-4-28-15-13-25(14-16-28)26-21(18-9-11-19(12-10-18)31-5-2)17-22(27-25)20-7-6-8-23(30-3)24(20)29/h6-12,22,27,29H,4-5,13-17H2,1-3H3/t22-/m1/s1. The lowest BCUT2D eigenvalue weighted by Gasteiger charge is -2.45. The average Bonchev–Trinajstić information content (AvgIpc) is 2.80. The molecule has 2 N–H and O–H groups in total. The maximum atomic E-state index is 10.8. The van der Waals surface area contributed by atoms with Crippen molar-refractivity contribution in [1.29, 1.82) is 0 Å². The van der Waals surface area contributed by atoms with E-state index in [1.807, 2.05) is 31.2 Å². The van der Waals surface area contributed by atoms with Crippen molar-refractivity contribution in [2.45, 2.75) is 44.8 Å². The smallest absolute Gasteiger partial charge is 0.162 e. The Morgan fingerprint density at radius 1 is 1.13 bits per heavy atom. The molecule has 0 amide bonds. The monoisotopic (exact) mass is 423 g/mol. The highest BCUT2D eigenvalue weighted by molar-refractivity contribution is 6.02. The fourth-order valence-electron chi connectivity index (χ4n) is 4.67. The molecule has 31 heavy (non-hydrogen) atoms. The Bertz CT molecular complexity index is 918. The third-order valence-corrected chi connectivity index (χ3v) is 6.44. The van der Waals surface area contributed by atoms with Gasteiger partial charge in [0.05, 0.1) is 13.7 Å². The van der Waals surface area contributed by atoms with Gasteiger partial charge in [-0.05, 0) is 62.2 Å². The van der Waals surface area contributed by atoms with Crippen LogP contribution in [-0.4, -0.2) is 54.7 Å². The minimum Gasteiger partial charge on any atom is -0.504 e. The molecule has 2 aliphatic rings. The molecule has 2 aromatic carbocycles. The predicted molar refractivity (Wildman–Crippen MR) is 123 cm³/mol. The van der Waals surface area contributed by atoms with Gasteiger partial charge in [0.1, 0.15) is 11.4 Å². The van der Waals surface area contributed by atoms with Gasteiger partial charge >= 0.3 is 0 Å². The van der Waals surface area contributed by atoms with Crippen LogP contribution in [0.5, 0.6) is 17.2 Å². The van der Waals surface area contributed by atoms with Gasteiger partial charge in [-0.15, -0.1) is 0 Å². The highest BCUT2D eigenvalue weighted by Gasteiger charge is 2.40. The molecule has 1 atom stereocenters. The molecule has 0 aromatic heterocycles. The summed E-state index contributed by atoms with van der Waals surface area (Å²) in [5.41, 5.74) is 2.71. The number of rotatable bonds is 6. The number of hydrogen-bond acceptors (Lipinski definition) is 6. The largest absolute Gasteiger partial charge is 0.504 e. The first kappa shape index (κ1) is 21.7. The molecule has 0 bridgehead atoms. The van der Waals surface area contributed by atoms with Gasteiger partial charge in [-0.25, -0.2) is 0 Å². The molecule has 0 unspecified atom stereocenters. The van der Waals surface area contributed by atoms with Crippen LogP contribution in [0, 0.1) is 0 Å². The molecule has 166 valence electrons. The topological polar surface area (TPSA) is 66.3 Å². The summed E-state index contributed by atoms with van der Waals surface area (Å²) in [6.07, 6.45) is 2.60. The number of para-hydroxylation sites is 1.